The second-order valence-electron chi connectivity index (χ2n) is 3.17. The van der Waals surface area contributed by atoms with Gasteiger partial charge in [-0.05, 0) is 0 Å². The molecule has 82 valence electrons. The average molecular weight is 228 g/mol. The maximum Gasteiger partial charge on any atom is 0.249 e. The molecule has 0 saturated carbocycles. The molecule has 0 aromatic carbocycles. The van der Waals surface area contributed by atoms with Crippen molar-refractivity contribution < 1.29 is 9.53 Å². The summed E-state index contributed by atoms with van der Waals surface area (Å²) in [6.45, 7) is 1.90. The van der Waals surface area contributed by atoms with Crippen molar-refractivity contribution >= 4 is 22.4 Å². The van der Waals surface area contributed by atoms with E-state index in [-0.39, 0.29) is 12.5 Å². The first-order valence-electron chi connectivity index (χ1n) is 4.65. The van der Waals surface area contributed by atoms with E-state index in [0.717, 1.165) is 10.7 Å². The van der Waals surface area contributed by atoms with Crippen molar-refractivity contribution in [1.29, 1.82) is 0 Å². The number of ether oxygens (including phenoxy) is 1. The lowest BCUT2D eigenvalue weighted by molar-refractivity contribution is -0.143. The minimum Gasteiger partial charge on any atom is -0.377 e. The van der Waals surface area contributed by atoms with Crippen molar-refractivity contribution in [3.8, 4) is 0 Å². The Hall–Kier alpha value is -1.21. The third kappa shape index (κ3) is 2.24. The van der Waals surface area contributed by atoms with Crippen molar-refractivity contribution in [2.45, 2.75) is 6.54 Å². The van der Waals surface area contributed by atoms with Crippen LogP contribution in [0.1, 0.15) is 5.69 Å². The molecular formula is C8H12N4O2S. The molecule has 0 bridgehead atoms. The van der Waals surface area contributed by atoms with E-state index in [1.807, 2.05) is 7.05 Å². The quantitative estimate of drug-likeness (QED) is 0.785. The molecule has 2 heterocycles. The van der Waals surface area contributed by atoms with Gasteiger partial charge in [0.05, 0.1) is 13.2 Å². The number of carbonyl (C=O) groups excluding carboxylic acids is 1. The van der Waals surface area contributed by atoms with Gasteiger partial charge in [0.15, 0.2) is 0 Å². The average Bonchev–Trinajstić information content (AvgIpc) is 2.69. The van der Waals surface area contributed by atoms with Gasteiger partial charge in [-0.15, -0.1) is 5.10 Å². The van der Waals surface area contributed by atoms with Crippen LogP contribution in [0.3, 0.4) is 0 Å². The van der Waals surface area contributed by atoms with Crippen LogP contribution in [-0.4, -0.2) is 47.2 Å². The van der Waals surface area contributed by atoms with Gasteiger partial charge in [0.2, 0.25) is 5.91 Å². The standard InChI is InChI=1S/C8H12N4O2S/c1-9-8-6(10-11-15-8)4-12-2-3-14-5-7(12)13/h9H,2-5H2,1H3. The zero-order valence-corrected chi connectivity index (χ0v) is 9.21. The summed E-state index contributed by atoms with van der Waals surface area (Å²) in [5.41, 5.74) is 0.817. The predicted molar refractivity (Wildman–Crippen MR) is 55.7 cm³/mol. The maximum absolute atomic E-state index is 11.5. The van der Waals surface area contributed by atoms with Gasteiger partial charge in [-0.1, -0.05) is 4.49 Å². The molecule has 6 nitrogen and oxygen atoms in total. The number of hydrogen-bond acceptors (Lipinski definition) is 6. The Morgan fingerprint density at radius 1 is 1.67 bits per heavy atom. The Kier molecular flexibility index (Phi) is 3.12. The first-order chi connectivity index (χ1) is 7.31. The van der Waals surface area contributed by atoms with Gasteiger partial charge < -0.3 is 15.0 Å². The molecule has 0 atom stereocenters. The second-order valence-corrected chi connectivity index (χ2v) is 3.92. The van der Waals surface area contributed by atoms with E-state index in [4.69, 9.17) is 4.74 Å². The zero-order chi connectivity index (χ0) is 10.7. The molecule has 0 spiro atoms. The van der Waals surface area contributed by atoms with Crippen LogP contribution >= 0.6 is 11.5 Å². The first-order valence-corrected chi connectivity index (χ1v) is 5.43. The first kappa shape index (κ1) is 10.3. The number of amides is 1. The van der Waals surface area contributed by atoms with Crippen LogP contribution in [0.2, 0.25) is 0 Å². The van der Waals surface area contributed by atoms with Gasteiger partial charge >= 0.3 is 0 Å². The van der Waals surface area contributed by atoms with Crippen molar-refractivity contribution in [3.63, 3.8) is 0 Å². The summed E-state index contributed by atoms with van der Waals surface area (Å²) >= 11 is 1.30. The fourth-order valence-corrected chi connectivity index (χ4v) is 1.92. The van der Waals surface area contributed by atoms with Gasteiger partial charge in [-0.3, -0.25) is 4.79 Å². The number of nitrogens with zero attached hydrogens (tertiary/aromatic N) is 3. The topological polar surface area (TPSA) is 67.3 Å². The lowest BCUT2D eigenvalue weighted by atomic mass is 10.3. The van der Waals surface area contributed by atoms with Gasteiger partial charge in [0, 0.05) is 25.1 Å². The molecular weight excluding hydrogens is 216 g/mol. The zero-order valence-electron chi connectivity index (χ0n) is 8.39. The van der Waals surface area contributed by atoms with E-state index in [1.165, 1.54) is 11.5 Å². The van der Waals surface area contributed by atoms with Crippen molar-refractivity contribution in [2.75, 3.05) is 32.1 Å². The molecule has 1 aromatic heterocycles. The van der Waals surface area contributed by atoms with Gasteiger partial charge in [-0.25, -0.2) is 0 Å². The minimum absolute atomic E-state index is 0.0105. The van der Waals surface area contributed by atoms with Crippen LogP contribution < -0.4 is 5.32 Å². The largest absolute Gasteiger partial charge is 0.377 e. The molecule has 1 fully saturated rings. The number of carbonyl (C=O) groups is 1. The van der Waals surface area contributed by atoms with E-state index in [2.05, 4.69) is 14.9 Å². The van der Waals surface area contributed by atoms with Crippen molar-refractivity contribution in [3.05, 3.63) is 5.69 Å². The van der Waals surface area contributed by atoms with Crippen molar-refractivity contribution in [2.24, 2.45) is 0 Å². The van der Waals surface area contributed by atoms with Crippen LogP contribution in [-0.2, 0) is 16.1 Å². The third-order valence-electron chi connectivity index (χ3n) is 2.21. The molecule has 0 unspecified atom stereocenters. The number of nitrogens with one attached hydrogen (secondary N) is 1. The Morgan fingerprint density at radius 3 is 3.27 bits per heavy atom. The molecule has 1 aliphatic heterocycles. The number of anilines is 1. The molecule has 1 aliphatic rings. The maximum atomic E-state index is 11.5. The van der Waals surface area contributed by atoms with E-state index in [9.17, 15) is 4.79 Å². The lowest BCUT2D eigenvalue weighted by Crippen LogP contribution is -2.41. The molecule has 1 saturated heterocycles. The Bertz CT molecular complexity index is 354. The molecule has 1 aromatic rings. The fourth-order valence-electron chi connectivity index (χ4n) is 1.40. The molecule has 2 rings (SSSR count). The van der Waals surface area contributed by atoms with Crippen LogP contribution in [0.4, 0.5) is 5.00 Å². The lowest BCUT2D eigenvalue weighted by Gasteiger charge is -2.26. The van der Waals surface area contributed by atoms with E-state index < -0.39 is 0 Å². The van der Waals surface area contributed by atoms with Crippen LogP contribution in [0.25, 0.3) is 0 Å². The number of morpholine rings is 1. The van der Waals surface area contributed by atoms with Gasteiger partial charge in [0.1, 0.15) is 17.3 Å². The molecule has 0 radical (unpaired) electrons. The highest BCUT2D eigenvalue weighted by atomic mass is 32.1. The molecule has 7 heteroatoms. The Morgan fingerprint density at radius 2 is 2.53 bits per heavy atom. The van der Waals surface area contributed by atoms with Gasteiger partial charge in [0.25, 0.3) is 0 Å². The Labute approximate surface area is 91.4 Å². The van der Waals surface area contributed by atoms with Crippen LogP contribution in [0, 0.1) is 0 Å². The van der Waals surface area contributed by atoms with Crippen molar-refractivity contribution in [1.82, 2.24) is 14.5 Å². The fraction of sp³-hybridized carbons (Fsp3) is 0.625. The normalized spacial score (nSPS) is 16.9. The summed E-state index contributed by atoms with van der Waals surface area (Å²) in [6.07, 6.45) is 0. The summed E-state index contributed by atoms with van der Waals surface area (Å²) in [7, 11) is 1.82. The van der Waals surface area contributed by atoms with Gasteiger partial charge in [-0.2, -0.15) is 0 Å². The highest BCUT2D eigenvalue weighted by Gasteiger charge is 2.20. The summed E-state index contributed by atoms with van der Waals surface area (Å²) in [5.74, 6) is 0.0105. The molecule has 15 heavy (non-hydrogen) atoms. The number of aromatic nitrogens is 2. The third-order valence-corrected chi connectivity index (χ3v) is 2.99. The summed E-state index contributed by atoms with van der Waals surface area (Å²) in [5, 5.41) is 7.90. The van der Waals surface area contributed by atoms with Crippen LogP contribution in [0.15, 0.2) is 0 Å². The summed E-state index contributed by atoms with van der Waals surface area (Å²) < 4.78 is 8.89. The van der Waals surface area contributed by atoms with E-state index >= 15 is 0 Å². The number of rotatable bonds is 3. The molecule has 1 amide bonds. The highest BCUT2D eigenvalue weighted by Crippen LogP contribution is 2.18. The van der Waals surface area contributed by atoms with E-state index in [1.54, 1.807) is 4.90 Å². The van der Waals surface area contributed by atoms with Crippen LogP contribution in [0.5, 0.6) is 0 Å². The molecule has 0 aliphatic carbocycles. The summed E-state index contributed by atoms with van der Waals surface area (Å²) in [6, 6.07) is 0. The monoisotopic (exact) mass is 228 g/mol. The summed E-state index contributed by atoms with van der Waals surface area (Å²) in [4.78, 5) is 13.2. The highest BCUT2D eigenvalue weighted by molar-refractivity contribution is 7.10. The Balaban J connectivity index is 2.04. The molecule has 1 N–H and O–H groups in total. The van der Waals surface area contributed by atoms with E-state index in [0.29, 0.717) is 19.7 Å². The minimum atomic E-state index is 0.0105. The smallest absolute Gasteiger partial charge is 0.249 e. The number of hydrogen-bond donors (Lipinski definition) is 1. The SMILES string of the molecule is CNc1snnc1CN1CCOCC1=O. The second kappa shape index (κ2) is 4.54. The predicted octanol–water partition coefficient (Wildman–Crippen LogP) is -0.0614.